The van der Waals surface area contributed by atoms with Crippen LogP contribution in [0.5, 0.6) is 0 Å². The van der Waals surface area contributed by atoms with Gasteiger partial charge in [0.1, 0.15) is 24.4 Å². The van der Waals surface area contributed by atoms with Crippen LogP contribution in [0.3, 0.4) is 0 Å². The number of carbonyl (C=O) groups is 1. The molecule has 0 aromatic carbocycles. The van der Waals surface area contributed by atoms with Crippen LogP contribution < -0.4 is 0 Å². The minimum Gasteiger partial charge on any atom is -0.457 e. The smallest absolute Gasteiger partial charge is 0.303 e. The Morgan fingerprint density at radius 1 is 1.19 bits per heavy atom. The monoisotopic (exact) mass is 236 g/mol. The fraction of sp³-hybridized carbons (Fsp3) is 0.889. The molecule has 0 bridgehead atoms. The third-order valence-corrected chi connectivity index (χ3v) is 2.45. The second kappa shape index (κ2) is 5.55. The summed E-state index contributed by atoms with van der Waals surface area (Å²) >= 11 is 0. The number of esters is 1. The molecule has 0 amide bonds. The first kappa shape index (κ1) is 13.3. The molecular weight excluding hydrogens is 220 g/mol. The van der Waals surface area contributed by atoms with Crippen molar-refractivity contribution in [3.8, 4) is 0 Å². The molecule has 1 fully saturated rings. The molecule has 1 rings (SSSR count). The highest BCUT2D eigenvalue weighted by atomic mass is 16.6. The summed E-state index contributed by atoms with van der Waals surface area (Å²) in [5.41, 5.74) is 0. The first-order valence-electron chi connectivity index (χ1n) is 4.91. The molecule has 7 nitrogen and oxygen atoms in total. The lowest BCUT2D eigenvalue weighted by atomic mass is 9.95. The molecule has 0 saturated carbocycles. The first-order chi connectivity index (χ1) is 7.51. The highest BCUT2D eigenvalue weighted by molar-refractivity contribution is 5.66. The molecule has 0 spiro atoms. The lowest BCUT2D eigenvalue weighted by Crippen LogP contribution is -2.60. The molecule has 4 N–H and O–H groups in total. The Morgan fingerprint density at radius 2 is 1.62 bits per heavy atom. The Labute approximate surface area is 92.2 Å². The summed E-state index contributed by atoms with van der Waals surface area (Å²) in [4.78, 5) is 10.8. The summed E-state index contributed by atoms with van der Waals surface area (Å²) < 4.78 is 9.77. The van der Waals surface area contributed by atoms with Crippen molar-refractivity contribution in [2.75, 3.05) is 13.2 Å². The van der Waals surface area contributed by atoms with Crippen LogP contribution in [-0.2, 0) is 14.3 Å². The normalized spacial score (nSPS) is 39.4. The molecule has 1 heterocycles. The third kappa shape index (κ3) is 2.69. The van der Waals surface area contributed by atoms with Gasteiger partial charge in [-0.15, -0.1) is 0 Å². The second-order valence-electron chi connectivity index (χ2n) is 3.63. The van der Waals surface area contributed by atoms with Crippen molar-refractivity contribution in [1.29, 1.82) is 0 Å². The van der Waals surface area contributed by atoms with Crippen molar-refractivity contribution in [3.05, 3.63) is 0 Å². The van der Waals surface area contributed by atoms with Gasteiger partial charge in [-0.1, -0.05) is 0 Å². The van der Waals surface area contributed by atoms with Gasteiger partial charge in [-0.05, 0) is 0 Å². The maximum atomic E-state index is 10.8. The van der Waals surface area contributed by atoms with Crippen LogP contribution in [0, 0.1) is 0 Å². The molecule has 0 radical (unpaired) electrons. The Bertz CT molecular complexity index is 228. The molecule has 7 heteroatoms. The van der Waals surface area contributed by atoms with E-state index in [2.05, 4.69) is 0 Å². The summed E-state index contributed by atoms with van der Waals surface area (Å²) in [5, 5.41) is 37.2. The number of carbonyl (C=O) groups excluding carboxylic acids is 1. The summed E-state index contributed by atoms with van der Waals surface area (Å²) in [6, 6.07) is 0. The van der Waals surface area contributed by atoms with E-state index in [1.165, 1.54) is 0 Å². The molecule has 0 aromatic heterocycles. The molecule has 16 heavy (non-hydrogen) atoms. The zero-order valence-electron chi connectivity index (χ0n) is 8.81. The standard InChI is InChI=1S/C9H16O7/c1-4(12)15-9-7(13)5(2-10)16-6(3-11)8(9)14/h5-11,13-14H,2-3H2,1H3. The largest absolute Gasteiger partial charge is 0.457 e. The van der Waals surface area contributed by atoms with E-state index in [0.29, 0.717) is 0 Å². The van der Waals surface area contributed by atoms with E-state index in [9.17, 15) is 15.0 Å². The van der Waals surface area contributed by atoms with Crippen LogP contribution in [0.4, 0.5) is 0 Å². The fourth-order valence-corrected chi connectivity index (χ4v) is 1.64. The Hall–Kier alpha value is -0.730. The van der Waals surface area contributed by atoms with E-state index in [1.54, 1.807) is 0 Å². The third-order valence-electron chi connectivity index (χ3n) is 2.45. The average Bonchev–Trinajstić information content (AvgIpc) is 2.24. The molecular formula is C9H16O7. The van der Waals surface area contributed by atoms with Crippen LogP contribution in [-0.4, -0.2) is 70.1 Å². The van der Waals surface area contributed by atoms with Gasteiger partial charge in [0.05, 0.1) is 13.2 Å². The Kier molecular flexibility index (Phi) is 4.63. The van der Waals surface area contributed by atoms with Crippen molar-refractivity contribution in [2.45, 2.75) is 37.4 Å². The number of aliphatic hydroxyl groups is 4. The number of hydrogen-bond donors (Lipinski definition) is 4. The molecule has 4 unspecified atom stereocenters. The predicted molar refractivity (Wildman–Crippen MR) is 50.4 cm³/mol. The van der Waals surface area contributed by atoms with Crippen molar-refractivity contribution in [1.82, 2.24) is 0 Å². The molecule has 94 valence electrons. The van der Waals surface area contributed by atoms with E-state index in [4.69, 9.17) is 19.7 Å². The minimum absolute atomic E-state index is 0.498. The van der Waals surface area contributed by atoms with Gasteiger partial charge >= 0.3 is 5.97 Å². The summed E-state index contributed by atoms with van der Waals surface area (Å²) in [5.74, 6) is -0.668. The van der Waals surface area contributed by atoms with Crippen LogP contribution in [0.2, 0.25) is 0 Å². The number of hydrogen-bond acceptors (Lipinski definition) is 7. The number of ether oxygens (including phenoxy) is 2. The Morgan fingerprint density at radius 3 is 1.94 bits per heavy atom. The van der Waals surface area contributed by atoms with E-state index >= 15 is 0 Å². The van der Waals surface area contributed by atoms with E-state index in [0.717, 1.165) is 6.92 Å². The molecule has 1 aliphatic heterocycles. The van der Waals surface area contributed by atoms with Gasteiger partial charge in [0.2, 0.25) is 0 Å². The highest BCUT2D eigenvalue weighted by Gasteiger charge is 2.45. The molecule has 4 atom stereocenters. The van der Waals surface area contributed by atoms with Crippen molar-refractivity contribution in [2.24, 2.45) is 0 Å². The van der Waals surface area contributed by atoms with Gasteiger partial charge in [0.25, 0.3) is 0 Å². The zero-order chi connectivity index (χ0) is 12.3. The molecule has 0 aromatic rings. The first-order valence-corrected chi connectivity index (χ1v) is 4.91. The lowest BCUT2D eigenvalue weighted by molar-refractivity contribution is -0.243. The predicted octanol–water partition coefficient (Wildman–Crippen LogP) is -2.61. The molecule has 1 aliphatic rings. The van der Waals surface area contributed by atoms with Gasteiger partial charge in [0, 0.05) is 6.92 Å². The van der Waals surface area contributed by atoms with Crippen LogP contribution in [0.1, 0.15) is 6.92 Å². The van der Waals surface area contributed by atoms with Crippen molar-refractivity contribution >= 4 is 5.97 Å². The van der Waals surface area contributed by atoms with Crippen LogP contribution in [0.15, 0.2) is 0 Å². The average molecular weight is 236 g/mol. The van der Waals surface area contributed by atoms with Gasteiger partial charge in [-0.25, -0.2) is 0 Å². The van der Waals surface area contributed by atoms with Gasteiger partial charge in [-0.2, -0.15) is 0 Å². The SMILES string of the molecule is CC(=O)OC1C(O)C(CO)OC(CO)C1O. The highest BCUT2D eigenvalue weighted by Crippen LogP contribution is 2.23. The molecule has 0 aliphatic carbocycles. The van der Waals surface area contributed by atoms with Crippen molar-refractivity contribution < 1.29 is 34.7 Å². The quantitative estimate of drug-likeness (QED) is 0.397. The van der Waals surface area contributed by atoms with E-state index in [1.807, 2.05) is 0 Å². The fourth-order valence-electron chi connectivity index (χ4n) is 1.64. The van der Waals surface area contributed by atoms with Crippen LogP contribution >= 0.6 is 0 Å². The Balaban J connectivity index is 2.79. The molecule has 1 saturated heterocycles. The van der Waals surface area contributed by atoms with Gasteiger partial charge < -0.3 is 29.9 Å². The maximum absolute atomic E-state index is 10.8. The topological polar surface area (TPSA) is 116 Å². The van der Waals surface area contributed by atoms with Crippen LogP contribution in [0.25, 0.3) is 0 Å². The number of aliphatic hydroxyl groups excluding tert-OH is 4. The summed E-state index contributed by atoms with van der Waals surface area (Å²) in [6.07, 6.45) is -5.85. The van der Waals surface area contributed by atoms with E-state index in [-0.39, 0.29) is 0 Å². The lowest BCUT2D eigenvalue weighted by Gasteiger charge is -2.40. The zero-order valence-corrected chi connectivity index (χ0v) is 8.81. The van der Waals surface area contributed by atoms with Crippen molar-refractivity contribution in [3.63, 3.8) is 0 Å². The minimum atomic E-state index is -1.33. The summed E-state index contributed by atoms with van der Waals surface area (Å²) in [7, 11) is 0. The van der Waals surface area contributed by atoms with Gasteiger partial charge in [-0.3, -0.25) is 4.79 Å². The maximum Gasteiger partial charge on any atom is 0.303 e. The number of rotatable bonds is 3. The van der Waals surface area contributed by atoms with E-state index < -0.39 is 49.7 Å². The second-order valence-corrected chi connectivity index (χ2v) is 3.63. The van der Waals surface area contributed by atoms with Gasteiger partial charge in [0.15, 0.2) is 6.10 Å². The summed E-state index contributed by atoms with van der Waals surface area (Å²) in [6.45, 7) is 0.140.